The van der Waals surface area contributed by atoms with Crippen LogP contribution in [0, 0.1) is 5.41 Å². The highest BCUT2D eigenvalue weighted by atomic mass is 16.5. The highest BCUT2D eigenvalue weighted by molar-refractivity contribution is 5.48. The van der Waals surface area contributed by atoms with Crippen molar-refractivity contribution in [2.75, 3.05) is 38.8 Å². The summed E-state index contributed by atoms with van der Waals surface area (Å²) in [6, 6.07) is 7.68. The molecule has 0 amide bonds. The second-order valence-corrected chi connectivity index (χ2v) is 4.68. The van der Waals surface area contributed by atoms with Crippen molar-refractivity contribution in [1.82, 2.24) is 0 Å². The van der Waals surface area contributed by atoms with Gasteiger partial charge in [-0.3, -0.25) is 0 Å². The number of nitrogens with zero attached hydrogens (tertiary/aromatic N) is 1. The zero-order valence-corrected chi connectivity index (χ0v) is 10.7. The highest BCUT2D eigenvalue weighted by Gasteiger charge is 2.24. The fourth-order valence-electron chi connectivity index (χ4n) is 1.65. The number of hydrogen-bond acceptors (Lipinski definition) is 4. The maximum Gasteiger partial charge on any atom is 0.119 e. The molecule has 0 aromatic heterocycles. The minimum atomic E-state index is -0.491. The van der Waals surface area contributed by atoms with Crippen LogP contribution in [0.4, 0.5) is 5.69 Å². The molecular weight excluding hydrogens is 218 g/mol. The summed E-state index contributed by atoms with van der Waals surface area (Å²) in [4.78, 5) is 2.01. The van der Waals surface area contributed by atoms with Gasteiger partial charge in [-0.15, -0.1) is 0 Å². The van der Waals surface area contributed by atoms with Crippen LogP contribution in [0.2, 0.25) is 0 Å². The molecule has 1 rings (SSSR count). The van der Waals surface area contributed by atoms with E-state index in [0.29, 0.717) is 6.54 Å². The largest absolute Gasteiger partial charge is 0.497 e. The summed E-state index contributed by atoms with van der Waals surface area (Å²) in [6.45, 7) is 2.37. The van der Waals surface area contributed by atoms with Crippen molar-refractivity contribution in [1.29, 1.82) is 0 Å². The number of aliphatic hydroxyl groups is 2. The van der Waals surface area contributed by atoms with E-state index in [2.05, 4.69) is 0 Å². The Morgan fingerprint density at radius 3 is 2.12 bits per heavy atom. The minimum Gasteiger partial charge on any atom is -0.497 e. The summed E-state index contributed by atoms with van der Waals surface area (Å²) in [5, 5.41) is 18.5. The quantitative estimate of drug-likeness (QED) is 0.781. The van der Waals surface area contributed by atoms with E-state index >= 15 is 0 Å². The molecule has 0 aliphatic carbocycles. The first-order valence-electron chi connectivity index (χ1n) is 5.61. The third-order valence-electron chi connectivity index (χ3n) is 2.90. The third-order valence-corrected chi connectivity index (χ3v) is 2.90. The minimum absolute atomic E-state index is 0.0377. The SMILES string of the molecule is COc1ccc(N(C)CC(C)(CO)CO)cc1. The fourth-order valence-corrected chi connectivity index (χ4v) is 1.65. The lowest BCUT2D eigenvalue weighted by atomic mass is 9.92. The van der Waals surface area contributed by atoms with Crippen molar-refractivity contribution >= 4 is 5.69 Å². The molecule has 4 nitrogen and oxygen atoms in total. The summed E-state index contributed by atoms with van der Waals surface area (Å²) in [7, 11) is 3.57. The van der Waals surface area contributed by atoms with Gasteiger partial charge in [0.2, 0.25) is 0 Å². The molecule has 4 heteroatoms. The van der Waals surface area contributed by atoms with E-state index in [1.54, 1.807) is 7.11 Å². The van der Waals surface area contributed by atoms with Gasteiger partial charge in [-0.2, -0.15) is 0 Å². The van der Waals surface area contributed by atoms with E-state index in [9.17, 15) is 10.2 Å². The molecule has 0 fully saturated rings. The first kappa shape index (κ1) is 13.8. The van der Waals surface area contributed by atoms with Gasteiger partial charge in [-0.05, 0) is 24.3 Å². The number of rotatable bonds is 6. The van der Waals surface area contributed by atoms with Crippen LogP contribution in [0.15, 0.2) is 24.3 Å². The first-order valence-corrected chi connectivity index (χ1v) is 5.61. The van der Waals surface area contributed by atoms with Crippen molar-refractivity contribution < 1.29 is 14.9 Å². The van der Waals surface area contributed by atoms with Gasteiger partial charge in [0.1, 0.15) is 5.75 Å². The smallest absolute Gasteiger partial charge is 0.119 e. The predicted octanol–water partition coefficient (Wildman–Crippen LogP) is 1.12. The van der Waals surface area contributed by atoms with E-state index < -0.39 is 5.41 Å². The third kappa shape index (κ3) is 3.61. The van der Waals surface area contributed by atoms with E-state index in [4.69, 9.17) is 4.74 Å². The lowest BCUT2D eigenvalue weighted by Crippen LogP contribution is -2.39. The average molecular weight is 239 g/mol. The molecule has 0 saturated carbocycles. The second kappa shape index (κ2) is 5.89. The van der Waals surface area contributed by atoms with Crippen LogP contribution in [-0.2, 0) is 0 Å². The molecule has 1 aromatic rings. The molecule has 0 unspecified atom stereocenters. The number of hydrogen-bond donors (Lipinski definition) is 2. The lowest BCUT2D eigenvalue weighted by Gasteiger charge is -2.31. The molecule has 0 aliphatic rings. The summed E-state index contributed by atoms with van der Waals surface area (Å²) in [6.07, 6.45) is 0. The molecular formula is C13H21NO3. The number of methoxy groups -OCH3 is 1. The van der Waals surface area contributed by atoms with Gasteiger partial charge in [0.05, 0.1) is 20.3 Å². The molecule has 0 radical (unpaired) electrons. The molecule has 0 heterocycles. The van der Waals surface area contributed by atoms with Crippen LogP contribution >= 0.6 is 0 Å². The number of anilines is 1. The van der Waals surface area contributed by atoms with E-state index in [0.717, 1.165) is 11.4 Å². The van der Waals surface area contributed by atoms with Crippen LogP contribution < -0.4 is 9.64 Å². The van der Waals surface area contributed by atoms with Gasteiger partial charge < -0.3 is 19.8 Å². The lowest BCUT2D eigenvalue weighted by molar-refractivity contribution is 0.0763. The van der Waals surface area contributed by atoms with Crippen LogP contribution in [0.1, 0.15) is 6.92 Å². The summed E-state index contributed by atoms with van der Waals surface area (Å²) >= 11 is 0. The van der Waals surface area contributed by atoms with Gasteiger partial charge in [-0.1, -0.05) is 6.92 Å². The molecule has 0 spiro atoms. The van der Waals surface area contributed by atoms with Gasteiger partial charge in [0, 0.05) is 24.7 Å². The first-order chi connectivity index (χ1) is 8.04. The Bertz CT molecular complexity index is 333. The van der Waals surface area contributed by atoms with Crippen LogP contribution in [0.3, 0.4) is 0 Å². The number of benzene rings is 1. The van der Waals surface area contributed by atoms with Crippen molar-refractivity contribution in [3.05, 3.63) is 24.3 Å². The van der Waals surface area contributed by atoms with Crippen LogP contribution in [0.25, 0.3) is 0 Å². The van der Waals surface area contributed by atoms with Gasteiger partial charge in [0.25, 0.3) is 0 Å². The van der Waals surface area contributed by atoms with E-state index in [-0.39, 0.29) is 13.2 Å². The highest BCUT2D eigenvalue weighted by Crippen LogP contribution is 2.22. The average Bonchev–Trinajstić information content (AvgIpc) is 2.38. The Hall–Kier alpha value is -1.26. The standard InChI is InChI=1S/C13H21NO3/c1-13(9-15,10-16)8-14(2)11-4-6-12(17-3)7-5-11/h4-7,15-16H,8-10H2,1-3H3. The predicted molar refractivity (Wildman–Crippen MR) is 68.5 cm³/mol. The van der Waals surface area contributed by atoms with Crippen molar-refractivity contribution in [2.24, 2.45) is 5.41 Å². The molecule has 96 valence electrons. The number of aliphatic hydroxyl groups excluding tert-OH is 2. The second-order valence-electron chi connectivity index (χ2n) is 4.68. The summed E-state index contributed by atoms with van der Waals surface area (Å²) in [5.74, 6) is 0.814. The molecule has 2 N–H and O–H groups in total. The normalized spacial score (nSPS) is 11.4. The van der Waals surface area contributed by atoms with Crippen LogP contribution in [0.5, 0.6) is 5.75 Å². The molecule has 0 saturated heterocycles. The maximum atomic E-state index is 9.26. The Kier molecular flexibility index (Phi) is 4.78. The molecule has 17 heavy (non-hydrogen) atoms. The zero-order valence-electron chi connectivity index (χ0n) is 10.7. The van der Waals surface area contributed by atoms with Crippen LogP contribution in [-0.4, -0.2) is 44.1 Å². The van der Waals surface area contributed by atoms with Gasteiger partial charge in [0.15, 0.2) is 0 Å². The van der Waals surface area contributed by atoms with Gasteiger partial charge >= 0.3 is 0 Å². The van der Waals surface area contributed by atoms with Crippen molar-refractivity contribution in [3.63, 3.8) is 0 Å². The Balaban J connectivity index is 2.71. The summed E-state index contributed by atoms with van der Waals surface area (Å²) in [5.41, 5.74) is 0.535. The van der Waals surface area contributed by atoms with Crippen molar-refractivity contribution in [3.8, 4) is 5.75 Å². The molecule has 0 bridgehead atoms. The number of ether oxygens (including phenoxy) is 1. The zero-order chi connectivity index (χ0) is 12.9. The fraction of sp³-hybridized carbons (Fsp3) is 0.538. The Morgan fingerprint density at radius 2 is 1.71 bits per heavy atom. The summed E-state index contributed by atoms with van der Waals surface area (Å²) < 4.78 is 5.09. The molecule has 1 aromatic carbocycles. The van der Waals surface area contributed by atoms with E-state index in [1.807, 2.05) is 43.1 Å². The molecule has 0 atom stereocenters. The van der Waals surface area contributed by atoms with E-state index in [1.165, 1.54) is 0 Å². The molecule has 0 aliphatic heterocycles. The maximum absolute atomic E-state index is 9.26. The Labute approximate surface area is 102 Å². The monoisotopic (exact) mass is 239 g/mol. The van der Waals surface area contributed by atoms with Gasteiger partial charge in [-0.25, -0.2) is 0 Å². The Morgan fingerprint density at radius 1 is 1.18 bits per heavy atom. The van der Waals surface area contributed by atoms with Crippen molar-refractivity contribution in [2.45, 2.75) is 6.92 Å². The topological polar surface area (TPSA) is 52.9 Å².